The Morgan fingerprint density at radius 1 is 1.12 bits per heavy atom. The summed E-state index contributed by atoms with van der Waals surface area (Å²) in [5, 5.41) is 12.3. The van der Waals surface area contributed by atoms with Crippen LogP contribution in [0, 0.1) is 5.82 Å². The molecule has 3 aromatic rings. The van der Waals surface area contributed by atoms with Crippen LogP contribution in [0.4, 0.5) is 4.39 Å². The third kappa shape index (κ3) is 5.34. The number of nitrogens with zero attached hydrogens (tertiary/aromatic N) is 4. The Morgan fingerprint density at radius 2 is 1.82 bits per heavy atom. The van der Waals surface area contributed by atoms with Crippen molar-refractivity contribution in [1.29, 1.82) is 0 Å². The van der Waals surface area contributed by atoms with Crippen LogP contribution in [0.25, 0.3) is 5.69 Å². The first-order chi connectivity index (χ1) is 16.3. The molecular formula is C24H28FN5O3S. The number of carbonyl (C=O) groups is 1. The number of amides is 1. The lowest BCUT2D eigenvalue weighted by Crippen LogP contribution is -2.28. The van der Waals surface area contributed by atoms with E-state index in [0.717, 1.165) is 11.3 Å². The lowest BCUT2D eigenvalue weighted by Gasteiger charge is -2.21. The Labute approximate surface area is 202 Å². The van der Waals surface area contributed by atoms with Crippen LogP contribution in [0.1, 0.15) is 37.3 Å². The van der Waals surface area contributed by atoms with Crippen LogP contribution in [0.3, 0.4) is 0 Å². The maximum absolute atomic E-state index is 13.5. The first-order valence-corrected chi connectivity index (χ1v) is 12.0. The molecule has 0 bridgehead atoms. The van der Waals surface area contributed by atoms with Gasteiger partial charge in [-0.3, -0.25) is 14.3 Å². The second-order valence-corrected chi connectivity index (χ2v) is 9.22. The molecule has 0 saturated heterocycles. The zero-order chi connectivity index (χ0) is 24.2. The van der Waals surface area contributed by atoms with Crippen LogP contribution in [0.15, 0.2) is 47.6 Å². The minimum atomic E-state index is -0.319. The monoisotopic (exact) mass is 485 g/mol. The van der Waals surface area contributed by atoms with Gasteiger partial charge < -0.3 is 14.8 Å². The lowest BCUT2D eigenvalue weighted by atomic mass is 10.1. The number of ether oxygens (including phenoxy) is 2. The first-order valence-electron chi connectivity index (χ1n) is 11.0. The molecule has 0 saturated carbocycles. The number of fused-ring (bicyclic) bond motifs is 1. The van der Waals surface area contributed by atoms with Gasteiger partial charge in [0.05, 0.1) is 17.8 Å². The van der Waals surface area contributed by atoms with E-state index in [1.165, 1.54) is 23.9 Å². The fraction of sp³-hybridized carbons (Fsp3) is 0.375. The first kappa shape index (κ1) is 24.0. The molecule has 1 aliphatic rings. The number of benzene rings is 2. The standard InChI is InChI=1S/C24H28FN5O3S/c1-15(17-5-10-20-21(13-17)33-12-11-32-20)26-22(31)14-34-24-28-27-23(16(2)29(3)4)30(24)19-8-6-18(25)7-9-19/h5-10,13,15-16H,11-12,14H2,1-4H3,(H,26,31)/t15-,16+/m0/s1. The van der Waals surface area contributed by atoms with Crippen LogP contribution in [-0.2, 0) is 4.79 Å². The van der Waals surface area contributed by atoms with Crippen LogP contribution in [0.5, 0.6) is 11.5 Å². The summed E-state index contributed by atoms with van der Waals surface area (Å²) in [5.41, 5.74) is 1.67. The largest absolute Gasteiger partial charge is 0.486 e. The number of halogens is 1. The summed E-state index contributed by atoms with van der Waals surface area (Å²) in [4.78, 5) is 14.7. The van der Waals surface area contributed by atoms with Gasteiger partial charge in [-0.15, -0.1) is 10.2 Å². The van der Waals surface area contributed by atoms with Gasteiger partial charge in [0.1, 0.15) is 19.0 Å². The third-order valence-corrected chi connectivity index (χ3v) is 6.60. The van der Waals surface area contributed by atoms with E-state index in [1.54, 1.807) is 12.1 Å². The highest BCUT2D eigenvalue weighted by atomic mass is 32.2. The second-order valence-electron chi connectivity index (χ2n) is 8.27. The molecule has 0 fully saturated rings. The highest BCUT2D eigenvalue weighted by Gasteiger charge is 2.22. The van der Waals surface area contributed by atoms with Gasteiger partial charge in [-0.05, 0) is 69.9 Å². The fourth-order valence-electron chi connectivity index (χ4n) is 3.53. The van der Waals surface area contributed by atoms with Gasteiger partial charge >= 0.3 is 0 Å². The van der Waals surface area contributed by atoms with Crippen LogP contribution >= 0.6 is 11.8 Å². The van der Waals surface area contributed by atoms with Crippen molar-refractivity contribution in [3.05, 3.63) is 59.7 Å². The number of rotatable bonds is 8. The minimum Gasteiger partial charge on any atom is -0.486 e. The van der Waals surface area contributed by atoms with E-state index in [0.29, 0.717) is 35.7 Å². The molecule has 2 heterocycles. The molecule has 10 heteroatoms. The highest BCUT2D eigenvalue weighted by Crippen LogP contribution is 2.33. The molecule has 0 spiro atoms. The Balaban J connectivity index is 1.46. The number of thioether (sulfide) groups is 1. The Hall–Kier alpha value is -3.11. The smallest absolute Gasteiger partial charge is 0.230 e. The van der Waals surface area contributed by atoms with Crippen LogP contribution in [0.2, 0.25) is 0 Å². The van der Waals surface area contributed by atoms with Gasteiger partial charge in [0.2, 0.25) is 5.91 Å². The fourth-order valence-corrected chi connectivity index (χ4v) is 4.31. The molecule has 8 nitrogen and oxygen atoms in total. The van der Waals surface area contributed by atoms with E-state index >= 15 is 0 Å². The Morgan fingerprint density at radius 3 is 2.53 bits per heavy atom. The van der Waals surface area contributed by atoms with Gasteiger partial charge in [-0.25, -0.2) is 4.39 Å². The predicted octanol–water partition coefficient (Wildman–Crippen LogP) is 3.77. The summed E-state index contributed by atoms with van der Waals surface area (Å²) in [6.07, 6.45) is 0. The molecule has 4 rings (SSSR count). The van der Waals surface area contributed by atoms with Crippen molar-refractivity contribution >= 4 is 17.7 Å². The van der Waals surface area contributed by atoms with Crippen molar-refractivity contribution in [3.8, 4) is 17.2 Å². The molecule has 180 valence electrons. The van der Waals surface area contributed by atoms with Gasteiger partial charge in [0, 0.05) is 5.69 Å². The molecule has 2 aromatic carbocycles. The molecule has 2 atom stereocenters. The van der Waals surface area contributed by atoms with E-state index in [4.69, 9.17) is 9.47 Å². The van der Waals surface area contributed by atoms with Gasteiger partial charge in [0.25, 0.3) is 0 Å². The zero-order valence-corrected chi connectivity index (χ0v) is 20.4. The molecule has 34 heavy (non-hydrogen) atoms. The Bertz CT molecular complexity index is 1150. The maximum Gasteiger partial charge on any atom is 0.230 e. The summed E-state index contributed by atoms with van der Waals surface area (Å²) in [5.74, 6) is 1.82. The molecule has 1 aliphatic heterocycles. The van der Waals surface area contributed by atoms with Crippen molar-refractivity contribution in [1.82, 2.24) is 25.0 Å². The van der Waals surface area contributed by atoms with Crippen LogP contribution in [-0.4, -0.2) is 58.6 Å². The number of nitrogens with one attached hydrogen (secondary N) is 1. The topological polar surface area (TPSA) is 81.5 Å². The molecule has 0 aliphatic carbocycles. The SMILES string of the molecule is C[C@H](NC(=O)CSc1nnc([C@@H](C)N(C)C)n1-c1ccc(F)cc1)c1ccc2c(c1)OCCO2. The summed E-state index contributed by atoms with van der Waals surface area (Å²) in [7, 11) is 3.90. The quantitative estimate of drug-likeness (QED) is 0.487. The third-order valence-electron chi connectivity index (χ3n) is 5.67. The molecule has 1 aromatic heterocycles. The number of carbonyl (C=O) groups excluding carboxylic acids is 1. The highest BCUT2D eigenvalue weighted by molar-refractivity contribution is 7.99. The maximum atomic E-state index is 13.5. The van der Waals surface area contributed by atoms with E-state index in [-0.39, 0.29) is 29.6 Å². The second kappa shape index (κ2) is 10.4. The number of hydrogen-bond donors (Lipinski definition) is 1. The zero-order valence-electron chi connectivity index (χ0n) is 19.6. The normalized spacial score (nSPS) is 14.6. The minimum absolute atomic E-state index is 0.0315. The van der Waals surface area contributed by atoms with Gasteiger partial charge in [-0.2, -0.15) is 0 Å². The molecule has 1 amide bonds. The van der Waals surface area contributed by atoms with Crippen molar-refractivity contribution < 1.29 is 18.7 Å². The summed E-state index contributed by atoms with van der Waals surface area (Å²) >= 11 is 1.28. The van der Waals surface area contributed by atoms with E-state index in [1.807, 2.05) is 55.6 Å². The molecule has 0 unspecified atom stereocenters. The van der Waals surface area contributed by atoms with Gasteiger partial charge in [0.15, 0.2) is 22.5 Å². The predicted molar refractivity (Wildman–Crippen MR) is 128 cm³/mol. The Kier molecular flexibility index (Phi) is 7.38. The lowest BCUT2D eigenvalue weighted by molar-refractivity contribution is -0.119. The average Bonchev–Trinajstić information content (AvgIpc) is 3.26. The summed E-state index contributed by atoms with van der Waals surface area (Å²) in [6.45, 7) is 4.98. The summed E-state index contributed by atoms with van der Waals surface area (Å²) in [6, 6.07) is 11.6. The van der Waals surface area contributed by atoms with Crippen molar-refractivity contribution in [3.63, 3.8) is 0 Å². The molecular weight excluding hydrogens is 457 g/mol. The van der Waals surface area contributed by atoms with E-state index < -0.39 is 0 Å². The molecule has 0 radical (unpaired) electrons. The average molecular weight is 486 g/mol. The van der Waals surface area contributed by atoms with Crippen molar-refractivity contribution in [2.75, 3.05) is 33.1 Å². The van der Waals surface area contributed by atoms with E-state index in [2.05, 4.69) is 15.5 Å². The van der Waals surface area contributed by atoms with E-state index in [9.17, 15) is 9.18 Å². The van der Waals surface area contributed by atoms with Crippen LogP contribution < -0.4 is 14.8 Å². The summed E-state index contributed by atoms with van der Waals surface area (Å²) < 4.78 is 26.6. The number of hydrogen-bond acceptors (Lipinski definition) is 7. The van der Waals surface area contributed by atoms with Gasteiger partial charge in [-0.1, -0.05) is 17.8 Å². The molecule has 1 N–H and O–H groups in total. The van der Waals surface area contributed by atoms with Crippen molar-refractivity contribution in [2.45, 2.75) is 31.1 Å². The number of aromatic nitrogens is 3. The van der Waals surface area contributed by atoms with Crippen molar-refractivity contribution in [2.24, 2.45) is 0 Å².